The lowest BCUT2D eigenvalue weighted by molar-refractivity contribution is -0.920. The van der Waals surface area contributed by atoms with E-state index >= 15 is 0 Å². The van der Waals surface area contributed by atoms with Crippen LogP contribution >= 0.6 is 0 Å². The molecule has 0 bridgehead atoms. The van der Waals surface area contributed by atoms with Gasteiger partial charge in [0.1, 0.15) is 0 Å². The summed E-state index contributed by atoms with van der Waals surface area (Å²) in [6.07, 6.45) is 7.03. The van der Waals surface area contributed by atoms with Crippen molar-refractivity contribution in [1.82, 2.24) is 0 Å². The highest BCUT2D eigenvalue weighted by Gasteiger charge is 2.32. The van der Waals surface area contributed by atoms with Crippen LogP contribution in [0.1, 0.15) is 38.7 Å². The van der Waals surface area contributed by atoms with Crippen molar-refractivity contribution < 1.29 is 14.0 Å². The van der Waals surface area contributed by atoms with Crippen molar-refractivity contribution in [2.24, 2.45) is 0 Å². The first kappa shape index (κ1) is 17.7. The minimum absolute atomic E-state index is 0.0523. The fourth-order valence-electron chi connectivity index (χ4n) is 3.41. The van der Waals surface area contributed by atoms with Crippen molar-refractivity contribution in [3.63, 3.8) is 0 Å². The molecule has 3 heteroatoms. The van der Waals surface area contributed by atoms with E-state index in [-0.39, 0.29) is 5.97 Å². The molecule has 1 heterocycles. The summed E-state index contributed by atoms with van der Waals surface area (Å²) in [4.78, 5) is 12.0. The number of piperidine rings is 1. The van der Waals surface area contributed by atoms with Gasteiger partial charge in [0.15, 0.2) is 6.54 Å². The second kappa shape index (κ2) is 8.88. The summed E-state index contributed by atoms with van der Waals surface area (Å²) in [5, 5.41) is 0. The van der Waals surface area contributed by atoms with E-state index in [1.807, 2.05) is 6.92 Å². The van der Waals surface area contributed by atoms with E-state index in [0.29, 0.717) is 13.2 Å². The molecule has 0 radical (unpaired) electrons. The van der Waals surface area contributed by atoms with E-state index in [1.54, 1.807) is 0 Å². The second-order valence-electron chi connectivity index (χ2n) is 6.71. The van der Waals surface area contributed by atoms with Crippen molar-refractivity contribution in [3.05, 3.63) is 47.5 Å². The fraction of sp³-hybridized carbons (Fsp3) is 0.550. The van der Waals surface area contributed by atoms with E-state index in [0.717, 1.165) is 30.5 Å². The van der Waals surface area contributed by atoms with Gasteiger partial charge >= 0.3 is 5.97 Å². The number of benzene rings is 1. The lowest BCUT2D eigenvalue weighted by Gasteiger charge is -2.40. The van der Waals surface area contributed by atoms with Gasteiger partial charge < -0.3 is 9.22 Å². The minimum atomic E-state index is -0.0523. The number of esters is 1. The molecule has 0 aliphatic carbocycles. The van der Waals surface area contributed by atoms with E-state index in [2.05, 4.69) is 43.3 Å². The van der Waals surface area contributed by atoms with Crippen LogP contribution in [0.3, 0.4) is 0 Å². The molecular formula is C20H30NO2+. The summed E-state index contributed by atoms with van der Waals surface area (Å²) in [5.41, 5.74) is 2.72. The maximum Gasteiger partial charge on any atom is 0.361 e. The van der Waals surface area contributed by atoms with Crippen molar-refractivity contribution in [2.45, 2.75) is 39.5 Å². The molecule has 126 valence electrons. The third-order valence-electron chi connectivity index (χ3n) is 4.69. The molecular weight excluding hydrogens is 286 g/mol. The summed E-state index contributed by atoms with van der Waals surface area (Å²) < 4.78 is 6.06. The van der Waals surface area contributed by atoms with E-state index < -0.39 is 0 Å². The Balaban J connectivity index is 1.99. The molecule has 0 spiro atoms. The van der Waals surface area contributed by atoms with Crippen LogP contribution < -0.4 is 0 Å². The number of hydrogen-bond acceptors (Lipinski definition) is 2. The zero-order valence-electron chi connectivity index (χ0n) is 14.6. The smallest absolute Gasteiger partial charge is 0.361 e. The van der Waals surface area contributed by atoms with Crippen LogP contribution in [-0.4, -0.2) is 43.2 Å². The normalized spacial score (nSPS) is 17.7. The number of nitrogens with zero attached hydrogens (tertiary/aromatic N) is 1. The van der Waals surface area contributed by atoms with Gasteiger partial charge in [-0.3, -0.25) is 0 Å². The van der Waals surface area contributed by atoms with Crippen LogP contribution in [0.2, 0.25) is 0 Å². The van der Waals surface area contributed by atoms with Crippen LogP contribution in [0, 0.1) is 0 Å². The molecule has 1 aromatic carbocycles. The van der Waals surface area contributed by atoms with Gasteiger partial charge in [-0.15, -0.1) is 0 Å². The lowest BCUT2D eigenvalue weighted by Crippen LogP contribution is -2.54. The highest BCUT2D eigenvalue weighted by atomic mass is 16.5. The van der Waals surface area contributed by atoms with Crippen molar-refractivity contribution >= 4 is 5.97 Å². The molecule has 3 nitrogen and oxygen atoms in total. The number of allylic oxidation sites excluding steroid dienone is 1. The molecule has 23 heavy (non-hydrogen) atoms. The monoisotopic (exact) mass is 316 g/mol. The third kappa shape index (κ3) is 5.83. The van der Waals surface area contributed by atoms with Crippen molar-refractivity contribution in [2.75, 3.05) is 32.8 Å². The number of hydrogen-bond donors (Lipinski definition) is 0. The Hall–Kier alpha value is -1.61. The number of carbonyl (C=O) groups excluding carboxylic acids is 1. The van der Waals surface area contributed by atoms with Crippen LogP contribution in [0.25, 0.3) is 0 Å². The average Bonchev–Trinajstić information content (AvgIpc) is 2.55. The molecule has 0 saturated carbocycles. The summed E-state index contributed by atoms with van der Waals surface area (Å²) in [5.74, 6) is -0.0523. The highest BCUT2D eigenvalue weighted by molar-refractivity contribution is 5.70. The van der Waals surface area contributed by atoms with Crippen molar-refractivity contribution in [1.29, 1.82) is 0 Å². The summed E-state index contributed by atoms with van der Waals surface area (Å²) >= 11 is 0. The number of ether oxygens (including phenoxy) is 1. The standard InChI is InChI=1S/C20H30NO2/c1-3-23-20(22)17-21(13-8-5-9-14-21)15-12-18(2)16-19-10-6-4-7-11-19/h4,6-7,10-12H,3,5,8-9,13-17H2,1-2H3/q+1/b18-12+. The Bertz CT molecular complexity index is 516. The summed E-state index contributed by atoms with van der Waals surface area (Å²) in [7, 11) is 0. The number of quaternary nitrogens is 1. The summed E-state index contributed by atoms with van der Waals surface area (Å²) in [6.45, 7) is 8.18. The molecule has 1 aliphatic heterocycles. The van der Waals surface area contributed by atoms with Gasteiger partial charge in [0.2, 0.25) is 0 Å². The highest BCUT2D eigenvalue weighted by Crippen LogP contribution is 2.20. The molecule has 1 aromatic rings. The van der Waals surface area contributed by atoms with Crippen LogP contribution in [-0.2, 0) is 16.0 Å². The van der Waals surface area contributed by atoms with Gasteiger partial charge in [0, 0.05) is 0 Å². The molecule has 0 amide bonds. The van der Waals surface area contributed by atoms with E-state index in [9.17, 15) is 4.79 Å². The molecule has 1 saturated heterocycles. The van der Waals surface area contributed by atoms with Crippen LogP contribution in [0.4, 0.5) is 0 Å². The predicted octanol–water partition coefficient (Wildman–Crippen LogP) is 3.74. The summed E-state index contributed by atoms with van der Waals surface area (Å²) in [6, 6.07) is 10.6. The first-order valence-corrected chi connectivity index (χ1v) is 8.84. The Morgan fingerprint density at radius 2 is 1.87 bits per heavy atom. The second-order valence-corrected chi connectivity index (χ2v) is 6.71. The Kier molecular flexibility index (Phi) is 6.85. The first-order valence-electron chi connectivity index (χ1n) is 8.84. The number of carbonyl (C=O) groups is 1. The molecule has 0 aromatic heterocycles. The largest absolute Gasteiger partial charge is 0.462 e. The zero-order valence-corrected chi connectivity index (χ0v) is 14.6. The van der Waals surface area contributed by atoms with Gasteiger partial charge in [0.05, 0.1) is 26.2 Å². The van der Waals surface area contributed by atoms with Crippen molar-refractivity contribution in [3.8, 4) is 0 Å². The molecule has 2 rings (SSSR count). The number of likely N-dealkylation sites (tertiary alicyclic amines) is 1. The van der Waals surface area contributed by atoms with Crippen LogP contribution in [0.5, 0.6) is 0 Å². The maximum absolute atomic E-state index is 12.0. The third-order valence-corrected chi connectivity index (χ3v) is 4.69. The Morgan fingerprint density at radius 3 is 2.52 bits per heavy atom. The zero-order chi connectivity index (χ0) is 16.5. The predicted molar refractivity (Wildman–Crippen MR) is 94.1 cm³/mol. The average molecular weight is 316 g/mol. The topological polar surface area (TPSA) is 26.3 Å². The molecule has 0 N–H and O–H groups in total. The quantitative estimate of drug-likeness (QED) is 0.435. The Morgan fingerprint density at radius 1 is 1.17 bits per heavy atom. The molecule has 0 unspecified atom stereocenters. The van der Waals surface area contributed by atoms with E-state index in [1.165, 1.54) is 30.4 Å². The van der Waals surface area contributed by atoms with Gasteiger partial charge in [0.25, 0.3) is 0 Å². The fourth-order valence-corrected chi connectivity index (χ4v) is 3.41. The molecule has 1 fully saturated rings. The Labute approximate surface area is 140 Å². The minimum Gasteiger partial charge on any atom is -0.462 e. The lowest BCUT2D eigenvalue weighted by atomic mass is 10.0. The first-order chi connectivity index (χ1) is 11.1. The number of rotatable bonds is 7. The van der Waals surface area contributed by atoms with Gasteiger partial charge in [-0.25, -0.2) is 4.79 Å². The molecule has 1 aliphatic rings. The van der Waals surface area contributed by atoms with Gasteiger partial charge in [-0.05, 0) is 51.2 Å². The van der Waals surface area contributed by atoms with E-state index in [4.69, 9.17) is 4.74 Å². The van der Waals surface area contributed by atoms with Crippen LogP contribution in [0.15, 0.2) is 42.0 Å². The maximum atomic E-state index is 12.0. The SMILES string of the molecule is CCOC(=O)C[N+]1(C/C=C(\C)Cc2ccccc2)CCCCC1. The molecule has 0 atom stereocenters. The van der Waals surface area contributed by atoms with Gasteiger partial charge in [-0.2, -0.15) is 0 Å². The van der Waals surface area contributed by atoms with Gasteiger partial charge in [-0.1, -0.05) is 35.9 Å².